The maximum atomic E-state index is 10.3. The highest BCUT2D eigenvalue weighted by Gasteiger charge is 2.41. The van der Waals surface area contributed by atoms with Crippen LogP contribution in [0.3, 0.4) is 0 Å². The largest absolute Gasteiger partial charge is 0.394 e. The molecule has 0 aromatic heterocycles. The van der Waals surface area contributed by atoms with Crippen LogP contribution in [0.15, 0.2) is 0 Å². The monoisotopic (exact) mass is 374 g/mol. The van der Waals surface area contributed by atoms with Gasteiger partial charge in [-0.25, -0.2) is 0 Å². The molecule has 1 rings (SSSR count). The number of carbonyl (C=O) groups excluding carboxylic acids is 1. The molecule has 9 atom stereocenters. The van der Waals surface area contributed by atoms with Gasteiger partial charge in [-0.05, 0) is 0 Å². The molecule has 0 bridgehead atoms. The Morgan fingerprint density at radius 3 is 1.92 bits per heavy atom. The summed E-state index contributed by atoms with van der Waals surface area (Å²) in [6, 6.07) is -1.04. The molecule has 25 heavy (non-hydrogen) atoms. The van der Waals surface area contributed by atoms with Crippen LogP contribution in [0, 0.1) is 0 Å². The number of carbonyl (C=O) groups is 1. The van der Waals surface area contributed by atoms with Gasteiger partial charge in [0.05, 0.1) is 19.3 Å². The van der Waals surface area contributed by atoms with Crippen LogP contribution < -0.4 is 11.5 Å². The number of aliphatic hydroxyl groups excluding tert-OH is 9. The highest BCUT2D eigenvalue weighted by atomic mass is 16.6. The number of ether oxygens (including phenoxy) is 1. The highest BCUT2D eigenvalue weighted by molar-refractivity contribution is 5.79. The Hall–Kier alpha value is -0.970. The second-order valence-corrected chi connectivity index (χ2v) is 5.38. The van der Waals surface area contributed by atoms with Crippen molar-refractivity contribution in [1.82, 2.24) is 0 Å². The lowest BCUT2D eigenvalue weighted by Gasteiger charge is -2.38. The smallest absolute Gasteiger partial charge is 0.249 e. The van der Waals surface area contributed by atoms with Gasteiger partial charge in [0.25, 0.3) is 0 Å². The summed E-state index contributed by atoms with van der Waals surface area (Å²) in [5, 5.41) is 80.0. The van der Waals surface area contributed by atoms with E-state index < -0.39 is 74.2 Å². The molecule has 5 unspecified atom stereocenters. The van der Waals surface area contributed by atoms with Gasteiger partial charge in [-0.2, -0.15) is 0 Å². The molecule has 1 amide bonds. The maximum Gasteiger partial charge on any atom is 0.249 e. The number of primary amides is 1. The molecule has 1 fully saturated rings. The lowest BCUT2D eigenvalue weighted by atomic mass is 9.98. The third kappa shape index (κ3) is 6.69. The van der Waals surface area contributed by atoms with Gasteiger partial charge in [0, 0.05) is 0 Å². The van der Waals surface area contributed by atoms with Gasteiger partial charge in [-0.1, -0.05) is 0 Å². The van der Waals surface area contributed by atoms with Gasteiger partial charge in [-0.15, -0.1) is 0 Å². The third-order valence-corrected chi connectivity index (χ3v) is 3.49. The molecule has 13 N–H and O–H groups in total. The molecule has 1 saturated heterocycles. The van der Waals surface area contributed by atoms with E-state index in [1.165, 1.54) is 0 Å². The molecule has 13 heteroatoms. The van der Waals surface area contributed by atoms with Gasteiger partial charge in [0.1, 0.15) is 36.6 Å². The number of amides is 1. The van der Waals surface area contributed by atoms with Crippen LogP contribution in [0.2, 0.25) is 0 Å². The molecule has 0 aliphatic carbocycles. The number of rotatable bonds is 6. The fourth-order valence-electron chi connectivity index (χ4n) is 1.81. The van der Waals surface area contributed by atoms with E-state index in [-0.39, 0.29) is 0 Å². The van der Waals surface area contributed by atoms with Gasteiger partial charge in [0.2, 0.25) is 5.91 Å². The van der Waals surface area contributed by atoms with Crippen LogP contribution in [0.25, 0.3) is 0 Å². The molecule has 0 radical (unpaired) electrons. The second-order valence-electron chi connectivity index (χ2n) is 5.38. The van der Waals surface area contributed by atoms with Crippen LogP contribution in [0.5, 0.6) is 0 Å². The lowest BCUT2D eigenvalue weighted by molar-refractivity contribution is -0.248. The van der Waals surface area contributed by atoms with E-state index in [4.69, 9.17) is 46.2 Å². The van der Waals surface area contributed by atoms with Crippen LogP contribution in [0.1, 0.15) is 0 Å². The predicted octanol–water partition coefficient (Wildman–Crippen LogP) is -7.35. The predicted molar refractivity (Wildman–Crippen MR) is 78.3 cm³/mol. The van der Waals surface area contributed by atoms with Gasteiger partial charge >= 0.3 is 0 Å². The molecule has 150 valence electrons. The van der Waals surface area contributed by atoms with Crippen LogP contribution in [-0.2, 0) is 9.53 Å². The van der Waals surface area contributed by atoms with E-state index in [1.54, 1.807) is 0 Å². The van der Waals surface area contributed by atoms with Crippen LogP contribution >= 0.6 is 0 Å². The van der Waals surface area contributed by atoms with Crippen molar-refractivity contribution >= 4 is 5.91 Å². The average molecular weight is 374 g/mol. The highest BCUT2D eigenvalue weighted by Crippen LogP contribution is 2.17. The van der Waals surface area contributed by atoms with E-state index in [1.807, 2.05) is 0 Å². The fraction of sp³-hybridized carbons (Fsp3) is 0.917. The molecule has 1 heterocycles. The van der Waals surface area contributed by atoms with Crippen molar-refractivity contribution in [3.05, 3.63) is 0 Å². The van der Waals surface area contributed by atoms with E-state index in [0.717, 1.165) is 0 Å². The third-order valence-electron chi connectivity index (χ3n) is 3.49. The minimum absolute atomic E-state index is 0.470. The van der Waals surface area contributed by atoms with Gasteiger partial charge in [0.15, 0.2) is 12.4 Å². The minimum Gasteiger partial charge on any atom is -0.394 e. The lowest BCUT2D eigenvalue weighted by Crippen LogP contribution is -2.61. The Bertz CT molecular complexity index is 397. The van der Waals surface area contributed by atoms with Gasteiger partial charge in [-0.3, -0.25) is 4.79 Å². The Balaban J connectivity index is 0.000000462. The van der Waals surface area contributed by atoms with Crippen LogP contribution in [0.4, 0.5) is 0 Å². The zero-order valence-corrected chi connectivity index (χ0v) is 13.1. The summed E-state index contributed by atoms with van der Waals surface area (Å²) in [4.78, 5) is 10.3. The van der Waals surface area contributed by atoms with Crippen molar-refractivity contribution in [2.24, 2.45) is 11.5 Å². The quantitative estimate of drug-likeness (QED) is 0.207. The van der Waals surface area contributed by atoms with E-state index in [2.05, 4.69) is 5.73 Å². The topological polar surface area (TPSA) is 260 Å². The number of hydrogen-bond acceptors (Lipinski definition) is 12. The minimum atomic E-state index is -1.98. The maximum absolute atomic E-state index is 10.3. The normalized spacial score (nSPS) is 34.2. The first-order valence-electron chi connectivity index (χ1n) is 7.18. The van der Waals surface area contributed by atoms with E-state index >= 15 is 0 Å². The first-order chi connectivity index (χ1) is 11.5. The molecular weight excluding hydrogens is 348 g/mol. The van der Waals surface area contributed by atoms with Crippen molar-refractivity contribution in [1.29, 1.82) is 0 Å². The summed E-state index contributed by atoms with van der Waals surface area (Å²) in [5.41, 5.74) is 9.87. The number of aliphatic hydroxyl groups is 9. The van der Waals surface area contributed by atoms with E-state index in [0.29, 0.717) is 0 Å². The molecule has 13 nitrogen and oxygen atoms in total. The zero-order chi connectivity index (χ0) is 19.9. The fourth-order valence-corrected chi connectivity index (χ4v) is 1.81. The first kappa shape index (κ1) is 24.0. The summed E-state index contributed by atoms with van der Waals surface area (Å²) >= 11 is 0. The van der Waals surface area contributed by atoms with Crippen molar-refractivity contribution in [3.63, 3.8) is 0 Å². The number of nitrogens with two attached hydrogens (primary N) is 2. The summed E-state index contributed by atoms with van der Waals surface area (Å²) in [6.45, 7) is -1.27. The molecule has 0 saturated carbocycles. The SMILES string of the molecule is NC(=O)C(O)C(O)C(O)C(O)CO.N[C@H]1C(O)O[C@H](CO)[C@@H](O)[C@@H]1O. The molecule has 0 aromatic carbocycles. The van der Waals surface area contributed by atoms with Crippen molar-refractivity contribution in [2.75, 3.05) is 13.2 Å². The van der Waals surface area contributed by atoms with Crippen LogP contribution in [-0.4, -0.2) is 120 Å². The van der Waals surface area contributed by atoms with E-state index in [9.17, 15) is 15.0 Å². The summed E-state index contributed by atoms with van der Waals surface area (Å²) in [7, 11) is 0. The number of hydrogen-bond donors (Lipinski definition) is 11. The summed E-state index contributed by atoms with van der Waals surface area (Å²) in [5.74, 6) is -1.23. The molecule has 0 spiro atoms. The van der Waals surface area contributed by atoms with Gasteiger partial charge < -0.3 is 62.2 Å². The Labute approximate surface area is 142 Å². The Morgan fingerprint density at radius 2 is 1.52 bits per heavy atom. The second kappa shape index (κ2) is 10.9. The molecule has 0 aromatic rings. The molecule has 1 aliphatic rings. The standard InChI is InChI=1S/C6H13NO6.C6H13NO5/c7-6(13)5(12)4(11)3(10)2(9)1-8;7-3-5(10)4(9)2(1-8)12-6(3)11/h2-5,8-12H,1H2,(H2,7,13);2-6,8-11H,1,7H2/t;2-,3-,4-,5-,6?/m.1/s1. The van der Waals surface area contributed by atoms with Crippen molar-refractivity contribution < 1.29 is 55.5 Å². The first-order valence-corrected chi connectivity index (χ1v) is 7.18. The Kier molecular flexibility index (Phi) is 10.5. The molecular formula is C12H26N2O11. The summed E-state index contributed by atoms with van der Waals surface area (Å²) in [6.07, 6.45) is -12.2. The summed E-state index contributed by atoms with van der Waals surface area (Å²) < 4.78 is 4.70. The zero-order valence-electron chi connectivity index (χ0n) is 13.1. The van der Waals surface area contributed by atoms with Crippen molar-refractivity contribution in [3.8, 4) is 0 Å². The van der Waals surface area contributed by atoms with Crippen molar-refractivity contribution in [2.45, 2.75) is 55.1 Å². The average Bonchev–Trinajstić information content (AvgIpc) is 2.60. The Morgan fingerprint density at radius 1 is 1.00 bits per heavy atom. The molecule has 1 aliphatic heterocycles.